The molecule has 0 atom stereocenters. The van der Waals surface area contributed by atoms with E-state index in [0.717, 1.165) is 0 Å². The van der Waals surface area contributed by atoms with Gasteiger partial charge in [0.1, 0.15) is 5.75 Å². The van der Waals surface area contributed by atoms with E-state index in [4.69, 9.17) is 10.5 Å². The summed E-state index contributed by atoms with van der Waals surface area (Å²) in [5.74, 6) is -0.398. The first kappa shape index (κ1) is 10.2. The van der Waals surface area contributed by atoms with E-state index in [1.807, 2.05) is 0 Å². The van der Waals surface area contributed by atoms with Crippen LogP contribution in [-0.2, 0) is 4.79 Å². The molecule has 0 fully saturated rings. The Morgan fingerprint density at radius 1 is 1.29 bits per heavy atom. The van der Waals surface area contributed by atoms with Crippen molar-refractivity contribution in [1.82, 2.24) is 0 Å². The second-order valence-corrected chi connectivity index (χ2v) is 2.91. The SMILES string of the molecule is CC(=O)Oc1ccc(N)cc1C(C)=O. The third-order valence-electron chi connectivity index (χ3n) is 1.64. The molecule has 1 aromatic carbocycles. The second-order valence-electron chi connectivity index (χ2n) is 2.91. The maximum atomic E-state index is 11.2. The summed E-state index contributed by atoms with van der Waals surface area (Å²) in [6.45, 7) is 2.67. The number of hydrogen-bond acceptors (Lipinski definition) is 4. The van der Waals surface area contributed by atoms with Crippen molar-refractivity contribution in [3.05, 3.63) is 23.8 Å². The van der Waals surface area contributed by atoms with Crippen LogP contribution in [0.2, 0.25) is 0 Å². The van der Waals surface area contributed by atoms with Crippen LogP contribution >= 0.6 is 0 Å². The zero-order valence-corrected chi connectivity index (χ0v) is 8.03. The van der Waals surface area contributed by atoms with Gasteiger partial charge >= 0.3 is 5.97 Å². The van der Waals surface area contributed by atoms with Crippen molar-refractivity contribution >= 4 is 17.4 Å². The smallest absolute Gasteiger partial charge is 0.308 e. The van der Waals surface area contributed by atoms with Gasteiger partial charge in [-0.3, -0.25) is 9.59 Å². The molecule has 1 rings (SSSR count). The van der Waals surface area contributed by atoms with Gasteiger partial charge in [-0.2, -0.15) is 0 Å². The lowest BCUT2D eigenvalue weighted by Crippen LogP contribution is -2.06. The van der Waals surface area contributed by atoms with Crippen LogP contribution in [0.4, 0.5) is 5.69 Å². The number of Topliss-reactive ketones (excluding diaryl/α,β-unsaturated/α-hetero) is 1. The lowest BCUT2D eigenvalue weighted by Gasteiger charge is -2.06. The summed E-state index contributed by atoms with van der Waals surface area (Å²) in [5.41, 5.74) is 6.29. The molecule has 2 N–H and O–H groups in total. The number of nitrogen functional groups attached to an aromatic ring is 1. The van der Waals surface area contributed by atoms with E-state index >= 15 is 0 Å². The third kappa shape index (κ3) is 2.32. The molecule has 74 valence electrons. The van der Waals surface area contributed by atoms with Gasteiger partial charge in [0.15, 0.2) is 5.78 Å². The van der Waals surface area contributed by atoms with Crippen LogP contribution in [0.1, 0.15) is 24.2 Å². The van der Waals surface area contributed by atoms with Crippen LogP contribution in [0.15, 0.2) is 18.2 Å². The van der Waals surface area contributed by atoms with Gasteiger partial charge in [-0.1, -0.05) is 0 Å². The molecule has 0 heterocycles. The first-order chi connectivity index (χ1) is 6.50. The Morgan fingerprint density at radius 2 is 1.93 bits per heavy atom. The summed E-state index contributed by atoms with van der Waals surface area (Å²) in [7, 11) is 0. The molecule has 0 bridgehead atoms. The van der Waals surface area contributed by atoms with E-state index in [9.17, 15) is 9.59 Å². The zero-order valence-electron chi connectivity index (χ0n) is 8.03. The lowest BCUT2D eigenvalue weighted by atomic mass is 10.1. The highest BCUT2D eigenvalue weighted by Crippen LogP contribution is 2.21. The number of ether oxygens (including phenoxy) is 1. The summed E-state index contributed by atoms with van der Waals surface area (Å²) in [6, 6.07) is 4.57. The van der Waals surface area contributed by atoms with E-state index < -0.39 is 5.97 Å². The van der Waals surface area contributed by atoms with Crippen molar-refractivity contribution in [3.63, 3.8) is 0 Å². The predicted octanol–water partition coefficient (Wildman–Crippen LogP) is 1.40. The normalized spacial score (nSPS) is 9.57. The highest BCUT2D eigenvalue weighted by atomic mass is 16.5. The van der Waals surface area contributed by atoms with Crippen molar-refractivity contribution in [2.75, 3.05) is 5.73 Å². The Hall–Kier alpha value is -1.84. The molecular formula is C10H11NO3. The molecule has 0 aromatic heterocycles. The number of benzene rings is 1. The third-order valence-corrected chi connectivity index (χ3v) is 1.64. The van der Waals surface area contributed by atoms with Gasteiger partial charge < -0.3 is 10.5 Å². The number of carbonyl (C=O) groups excluding carboxylic acids is 2. The lowest BCUT2D eigenvalue weighted by molar-refractivity contribution is -0.131. The van der Waals surface area contributed by atoms with Gasteiger partial charge in [-0.05, 0) is 25.1 Å². The molecular weight excluding hydrogens is 182 g/mol. The summed E-state index contributed by atoms with van der Waals surface area (Å²) < 4.78 is 4.85. The molecule has 0 saturated carbocycles. The van der Waals surface area contributed by atoms with Crippen LogP contribution in [0.3, 0.4) is 0 Å². The van der Waals surface area contributed by atoms with Crippen molar-refractivity contribution in [1.29, 1.82) is 0 Å². The van der Waals surface area contributed by atoms with E-state index in [1.165, 1.54) is 26.0 Å². The molecule has 0 amide bonds. The summed E-state index contributed by atoms with van der Waals surface area (Å²) >= 11 is 0. The molecule has 0 aliphatic heterocycles. The predicted molar refractivity (Wildman–Crippen MR) is 52.2 cm³/mol. The molecule has 0 aliphatic carbocycles. The number of nitrogens with two attached hydrogens (primary N) is 1. The standard InChI is InChI=1S/C10H11NO3/c1-6(12)9-5-8(11)3-4-10(9)14-7(2)13/h3-5H,11H2,1-2H3. The average Bonchev–Trinajstić information content (AvgIpc) is 2.07. The Kier molecular flexibility index (Phi) is 2.86. The minimum absolute atomic E-state index is 0.187. The molecule has 1 aromatic rings. The van der Waals surface area contributed by atoms with Crippen molar-refractivity contribution in [2.24, 2.45) is 0 Å². The van der Waals surface area contributed by atoms with Gasteiger partial charge in [0.2, 0.25) is 0 Å². The average molecular weight is 193 g/mol. The molecule has 0 unspecified atom stereocenters. The van der Waals surface area contributed by atoms with Crippen LogP contribution < -0.4 is 10.5 Å². The van der Waals surface area contributed by atoms with Crippen LogP contribution in [0.5, 0.6) is 5.75 Å². The van der Waals surface area contributed by atoms with Crippen LogP contribution in [-0.4, -0.2) is 11.8 Å². The Labute approximate surface area is 81.7 Å². The Bertz CT molecular complexity index is 385. The largest absolute Gasteiger partial charge is 0.426 e. The van der Waals surface area contributed by atoms with E-state index in [0.29, 0.717) is 11.3 Å². The highest BCUT2D eigenvalue weighted by molar-refractivity contribution is 5.98. The first-order valence-electron chi connectivity index (χ1n) is 4.09. The van der Waals surface area contributed by atoms with E-state index in [-0.39, 0.29) is 11.5 Å². The van der Waals surface area contributed by atoms with Gasteiger partial charge in [0.25, 0.3) is 0 Å². The number of esters is 1. The molecule has 0 radical (unpaired) electrons. The fraction of sp³-hybridized carbons (Fsp3) is 0.200. The van der Waals surface area contributed by atoms with Gasteiger partial charge in [-0.25, -0.2) is 0 Å². The molecule has 4 heteroatoms. The quantitative estimate of drug-likeness (QED) is 0.333. The van der Waals surface area contributed by atoms with Crippen LogP contribution in [0.25, 0.3) is 0 Å². The molecule has 0 saturated heterocycles. The number of anilines is 1. The minimum atomic E-state index is -0.461. The highest BCUT2D eigenvalue weighted by Gasteiger charge is 2.10. The van der Waals surface area contributed by atoms with Crippen LogP contribution in [0, 0.1) is 0 Å². The number of hydrogen-bond donors (Lipinski definition) is 1. The molecule has 4 nitrogen and oxygen atoms in total. The monoisotopic (exact) mass is 193 g/mol. The van der Waals surface area contributed by atoms with Gasteiger partial charge in [0, 0.05) is 12.6 Å². The number of ketones is 1. The first-order valence-corrected chi connectivity index (χ1v) is 4.09. The van der Waals surface area contributed by atoms with E-state index in [1.54, 1.807) is 6.07 Å². The van der Waals surface area contributed by atoms with Crippen molar-refractivity contribution in [3.8, 4) is 5.75 Å². The van der Waals surface area contributed by atoms with Gasteiger partial charge in [-0.15, -0.1) is 0 Å². The fourth-order valence-electron chi connectivity index (χ4n) is 1.07. The minimum Gasteiger partial charge on any atom is -0.426 e. The Morgan fingerprint density at radius 3 is 2.43 bits per heavy atom. The van der Waals surface area contributed by atoms with Crippen molar-refractivity contribution in [2.45, 2.75) is 13.8 Å². The zero-order chi connectivity index (χ0) is 10.7. The van der Waals surface area contributed by atoms with Gasteiger partial charge in [0.05, 0.1) is 5.56 Å². The Balaban J connectivity index is 3.14. The maximum absolute atomic E-state index is 11.2. The molecule has 14 heavy (non-hydrogen) atoms. The molecule has 0 spiro atoms. The van der Waals surface area contributed by atoms with E-state index in [2.05, 4.69) is 0 Å². The summed E-state index contributed by atoms with van der Waals surface area (Å²) in [6.07, 6.45) is 0. The number of carbonyl (C=O) groups is 2. The second kappa shape index (κ2) is 3.91. The summed E-state index contributed by atoms with van der Waals surface area (Å²) in [5, 5.41) is 0. The molecule has 0 aliphatic rings. The maximum Gasteiger partial charge on any atom is 0.308 e. The fourth-order valence-corrected chi connectivity index (χ4v) is 1.07. The number of rotatable bonds is 2. The summed E-state index contributed by atoms with van der Waals surface area (Å²) in [4.78, 5) is 21.9. The topological polar surface area (TPSA) is 69.4 Å². The van der Waals surface area contributed by atoms with Crippen molar-refractivity contribution < 1.29 is 14.3 Å².